The van der Waals surface area contributed by atoms with Gasteiger partial charge in [0.25, 0.3) is 0 Å². The molecule has 1 aromatic rings. The number of ether oxygens (including phenoxy) is 1. The van der Waals surface area contributed by atoms with Crippen molar-refractivity contribution >= 4 is 11.6 Å². The first-order valence-corrected chi connectivity index (χ1v) is 5.91. The summed E-state index contributed by atoms with van der Waals surface area (Å²) in [5.74, 6) is 0.526. The van der Waals surface area contributed by atoms with Gasteiger partial charge in [-0.25, -0.2) is 4.39 Å². The Morgan fingerprint density at radius 1 is 1.53 bits per heavy atom. The van der Waals surface area contributed by atoms with Crippen molar-refractivity contribution < 1.29 is 9.13 Å². The zero-order valence-corrected chi connectivity index (χ0v) is 10.2. The van der Waals surface area contributed by atoms with Crippen molar-refractivity contribution in [3.63, 3.8) is 0 Å². The lowest BCUT2D eigenvalue weighted by Crippen LogP contribution is -2.45. The highest BCUT2D eigenvalue weighted by Gasteiger charge is 2.24. The van der Waals surface area contributed by atoms with Gasteiger partial charge in [-0.3, -0.25) is 4.99 Å². The van der Waals surface area contributed by atoms with Gasteiger partial charge in [0.2, 0.25) is 5.90 Å². The third kappa shape index (κ3) is 2.57. The van der Waals surface area contributed by atoms with Crippen LogP contribution in [0.15, 0.2) is 29.3 Å². The molecule has 1 aromatic carbocycles. The summed E-state index contributed by atoms with van der Waals surface area (Å²) in [6.07, 6.45) is 0. The molecule has 4 heteroatoms. The molecule has 0 aromatic heterocycles. The molecule has 0 amide bonds. The molecule has 2 rings (SSSR count). The van der Waals surface area contributed by atoms with Crippen LogP contribution in [0.5, 0.6) is 0 Å². The molecular weight excluding hydrogens is 219 g/mol. The zero-order chi connectivity index (χ0) is 12.3. The molecule has 0 spiro atoms. The van der Waals surface area contributed by atoms with Crippen LogP contribution >= 0.6 is 0 Å². The normalized spacial score (nSPS) is 20.1. The molecule has 1 aliphatic heterocycles. The average Bonchev–Trinajstić information content (AvgIpc) is 2.32. The second-order valence-corrected chi connectivity index (χ2v) is 4.00. The minimum atomic E-state index is -0.213. The molecule has 92 valence electrons. The van der Waals surface area contributed by atoms with Crippen LogP contribution in [0.3, 0.4) is 0 Å². The van der Waals surface area contributed by atoms with Gasteiger partial charge in [0, 0.05) is 12.2 Å². The van der Waals surface area contributed by atoms with Gasteiger partial charge >= 0.3 is 0 Å². The van der Waals surface area contributed by atoms with Crippen LogP contribution in [0.25, 0.3) is 0 Å². The number of rotatable bonds is 2. The summed E-state index contributed by atoms with van der Waals surface area (Å²) in [7, 11) is 0. The number of nitrogens with zero attached hydrogens (tertiary/aromatic N) is 2. The van der Waals surface area contributed by atoms with Crippen molar-refractivity contribution in [2.24, 2.45) is 4.99 Å². The fraction of sp³-hybridized carbons (Fsp3) is 0.462. The van der Waals surface area contributed by atoms with Crippen molar-refractivity contribution in [3.05, 3.63) is 30.1 Å². The summed E-state index contributed by atoms with van der Waals surface area (Å²) in [4.78, 5) is 6.47. The molecule has 0 fully saturated rings. The number of halogens is 1. The first kappa shape index (κ1) is 11.9. The first-order valence-electron chi connectivity index (χ1n) is 5.91. The van der Waals surface area contributed by atoms with E-state index in [-0.39, 0.29) is 11.9 Å². The SMILES string of the molecule is CCOC1=NCCN(c2cccc(F)c2)[C@@H]1C. The summed E-state index contributed by atoms with van der Waals surface area (Å²) >= 11 is 0. The molecule has 3 nitrogen and oxygen atoms in total. The Bertz CT molecular complexity index is 420. The summed E-state index contributed by atoms with van der Waals surface area (Å²) in [6, 6.07) is 6.70. The molecule has 0 aliphatic carbocycles. The summed E-state index contributed by atoms with van der Waals surface area (Å²) in [5, 5.41) is 0. The van der Waals surface area contributed by atoms with E-state index >= 15 is 0 Å². The van der Waals surface area contributed by atoms with Gasteiger partial charge in [-0.15, -0.1) is 0 Å². The molecule has 0 unspecified atom stereocenters. The van der Waals surface area contributed by atoms with Crippen molar-refractivity contribution in [2.75, 3.05) is 24.6 Å². The Kier molecular flexibility index (Phi) is 3.61. The smallest absolute Gasteiger partial charge is 0.206 e. The fourth-order valence-electron chi connectivity index (χ4n) is 2.05. The van der Waals surface area contributed by atoms with Gasteiger partial charge in [0.05, 0.1) is 13.2 Å². The molecule has 1 atom stereocenters. The topological polar surface area (TPSA) is 24.8 Å². The Hall–Kier alpha value is -1.58. The van der Waals surface area contributed by atoms with Crippen molar-refractivity contribution in [1.82, 2.24) is 0 Å². The molecular formula is C13H17FN2O. The maximum absolute atomic E-state index is 13.2. The van der Waals surface area contributed by atoms with Crippen molar-refractivity contribution in [2.45, 2.75) is 19.9 Å². The van der Waals surface area contributed by atoms with E-state index in [0.29, 0.717) is 13.2 Å². The van der Waals surface area contributed by atoms with Gasteiger partial charge in [0.15, 0.2) is 0 Å². The van der Waals surface area contributed by atoms with Crippen LogP contribution in [0.4, 0.5) is 10.1 Å². The summed E-state index contributed by atoms with van der Waals surface area (Å²) in [5.41, 5.74) is 0.879. The van der Waals surface area contributed by atoms with E-state index in [1.807, 2.05) is 19.9 Å². The minimum Gasteiger partial charge on any atom is -0.480 e. The number of hydrogen-bond donors (Lipinski definition) is 0. The molecule has 0 N–H and O–H groups in total. The van der Waals surface area contributed by atoms with Crippen LogP contribution in [-0.4, -0.2) is 31.6 Å². The molecule has 0 saturated carbocycles. The highest BCUT2D eigenvalue weighted by molar-refractivity contribution is 5.86. The Morgan fingerprint density at radius 3 is 3.06 bits per heavy atom. The van der Waals surface area contributed by atoms with Crippen molar-refractivity contribution in [3.8, 4) is 0 Å². The van der Waals surface area contributed by atoms with Gasteiger partial charge in [-0.1, -0.05) is 6.07 Å². The molecule has 17 heavy (non-hydrogen) atoms. The largest absolute Gasteiger partial charge is 0.480 e. The van der Waals surface area contributed by atoms with E-state index in [9.17, 15) is 4.39 Å². The van der Waals surface area contributed by atoms with Crippen LogP contribution in [0, 0.1) is 5.82 Å². The maximum atomic E-state index is 13.2. The van der Waals surface area contributed by atoms with E-state index in [4.69, 9.17) is 4.74 Å². The Balaban J connectivity index is 2.20. The van der Waals surface area contributed by atoms with E-state index < -0.39 is 0 Å². The molecule has 0 radical (unpaired) electrons. The van der Waals surface area contributed by atoms with Crippen LogP contribution in [-0.2, 0) is 4.74 Å². The predicted octanol–water partition coefficient (Wildman–Crippen LogP) is 2.47. The third-order valence-corrected chi connectivity index (χ3v) is 2.87. The molecule has 1 aliphatic rings. The highest BCUT2D eigenvalue weighted by atomic mass is 19.1. The van der Waals surface area contributed by atoms with Gasteiger partial charge in [0.1, 0.15) is 11.9 Å². The highest BCUT2D eigenvalue weighted by Crippen LogP contribution is 2.21. The number of aliphatic imine (C=N–C) groups is 1. The van der Waals surface area contributed by atoms with Crippen LogP contribution in [0.1, 0.15) is 13.8 Å². The lowest BCUT2D eigenvalue weighted by molar-refractivity contribution is 0.306. The van der Waals surface area contributed by atoms with Gasteiger partial charge in [-0.05, 0) is 32.0 Å². The Labute approximate surface area is 101 Å². The number of anilines is 1. The van der Waals surface area contributed by atoms with Crippen molar-refractivity contribution in [1.29, 1.82) is 0 Å². The summed E-state index contributed by atoms with van der Waals surface area (Å²) < 4.78 is 18.7. The van der Waals surface area contributed by atoms with E-state index in [0.717, 1.165) is 18.1 Å². The molecule has 0 bridgehead atoms. The summed E-state index contributed by atoms with van der Waals surface area (Å²) in [6.45, 7) is 6.06. The van der Waals surface area contributed by atoms with Gasteiger partial charge in [-0.2, -0.15) is 0 Å². The Morgan fingerprint density at radius 2 is 2.35 bits per heavy atom. The number of hydrogen-bond acceptors (Lipinski definition) is 3. The lowest BCUT2D eigenvalue weighted by Gasteiger charge is -2.34. The lowest BCUT2D eigenvalue weighted by atomic mass is 10.2. The molecule has 0 saturated heterocycles. The average molecular weight is 236 g/mol. The monoisotopic (exact) mass is 236 g/mol. The van der Waals surface area contributed by atoms with Crippen LogP contribution < -0.4 is 4.90 Å². The van der Waals surface area contributed by atoms with Gasteiger partial charge < -0.3 is 9.64 Å². The second-order valence-electron chi connectivity index (χ2n) is 4.00. The quantitative estimate of drug-likeness (QED) is 0.788. The fourth-order valence-corrected chi connectivity index (χ4v) is 2.05. The maximum Gasteiger partial charge on any atom is 0.206 e. The van der Waals surface area contributed by atoms with E-state index in [1.54, 1.807) is 12.1 Å². The zero-order valence-electron chi connectivity index (χ0n) is 10.2. The second kappa shape index (κ2) is 5.17. The van der Waals surface area contributed by atoms with Crippen LogP contribution in [0.2, 0.25) is 0 Å². The predicted molar refractivity (Wildman–Crippen MR) is 67.1 cm³/mol. The first-order chi connectivity index (χ1) is 8.22. The standard InChI is InChI=1S/C13H17FN2O/c1-3-17-13-10(2)16(8-7-15-13)12-6-4-5-11(14)9-12/h4-6,9-10H,3,7-8H2,1-2H3/t10-/m1/s1. The number of benzene rings is 1. The third-order valence-electron chi connectivity index (χ3n) is 2.87. The van der Waals surface area contributed by atoms with E-state index in [2.05, 4.69) is 9.89 Å². The minimum absolute atomic E-state index is 0.0606. The molecule has 1 heterocycles. The van der Waals surface area contributed by atoms with E-state index in [1.165, 1.54) is 6.07 Å².